The van der Waals surface area contributed by atoms with Crippen molar-refractivity contribution in [1.29, 1.82) is 0 Å². The van der Waals surface area contributed by atoms with Crippen molar-refractivity contribution in [2.24, 2.45) is 0 Å². The summed E-state index contributed by atoms with van der Waals surface area (Å²) in [5.74, 6) is 0. The monoisotopic (exact) mass is 326 g/mol. The van der Waals surface area contributed by atoms with Gasteiger partial charge in [0.1, 0.15) is 0 Å². The van der Waals surface area contributed by atoms with E-state index >= 15 is 0 Å². The molecule has 1 saturated heterocycles. The standard InChI is InChI=1S/C17H24Cl2N2/c1-13(14-6-5-7-15(18)16(14)19)21-11-10-20-12-17(21)8-3-2-4-9-17/h5-7,13,20H,2-4,8-12H2,1H3. The molecule has 1 spiro atoms. The zero-order valence-corrected chi connectivity index (χ0v) is 14.2. The number of rotatable bonds is 2. The van der Waals surface area contributed by atoms with Gasteiger partial charge in [-0.1, -0.05) is 54.6 Å². The number of hydrogen-bond acceptors (Lipinski definition) is 2. The highest BCUT2D eigenvalue weighted by atomic mass is 35.5. The summed E-state index contributed by atoms with van der Waals surface area (Å²) in [7, 11) is 0. The Labute approximate surface area is 137 Å². The van der Waals surface area contributed by atoms with Crippen molar-refractivity contribution in [2.75, 3.05) is 19.6 Å². The molecule has 1 N–H and O–H groups in total. The molecule has 116 valence electrons. The number of piperazine rings is 1. The molecule has 0 bridgehead atoms. The van der Waals surface area contributed by atoms with Crippen molar-refractivity contribution < 1.29 is 0 Å². The Morgan fingerprint density at radius 1 is 1.19 bits per heavy atom. The van der Waals surface area contributed by atoms with Gasteiger partial charge in [-0.25, -0.2) is 0 Å². The Kier molecular flexibility index (Phi) is 4.80. The molecular formula is C17H24Cl2N2. The van der Waals surface area contributed by atoms with Gasteiger partial charge < -0.3 is 5.32 Å². The predicted molar refractivity (Wildman–Crippen MR) is 90.3 cm³/mol. The average Bonchev–Trinajstić information content (AvgIpc) is 2.51. The van der Waals surface area contributed by atoms with Crippen molar-refractivity contribution in [1.82, 2.24) is 10.2 Å². The molecule has 4 heteroatoms. The highest BCUT2D eigenvalue weighted by molar-refractivity contribution is 6.42. The van der Waals surface area contributed by atoms with Crippen LogP contribution in [0.4, 0.5) is 0 Å². The second-order valence-corrected chi connectivity index (χ2v) is 7.26. The summed E-state index contributed by atoms with van der Waals surface area (Å²) in [6.45, 7) is 5.53. The lowest BCUT2D eigenvalue weighted by molar-refractivity contribution is -0.00275. The Bertz CT molecular complexity index is 489. The maximum atomic E-state index is 6.46. The molecule has 1 atom stereocenters. The van der Waals surface area contributed by atoms with Crippen molar-refractivity contribution in [3.63, 3.8) is 0 Å². The van der Waals surface area contributed by atoms with Crippen molar-refractivity contribution in [2.45, 2.75) is 50.6 Å². The Hall–Kier alpha value is -0.280. The molecule has 0 amide bonds. The fraction of sp³-hybridized carbons (Fsp3) is 0.647. The van der Waals surface area contributed by atoms with Crippen LogP contribution in [0.1, 0.15) is 50.6 Å². The summed E-state index contributed by atoms with van der Waals surface area (Å²) in [6.07, 6.45) is 6.65. The van der Waals surface area contributed by atoms with Gasteiger partial charge in [-0.15, -0.1) is 0 Å². The van der Waals surface area contributed by atoms with Gasteiger partial charge in [0.2, 0.25) is 0 Å². The molecule has 1 heterocycles. The number of benzene rings is 1. The fourth-order valence-corrected chi connectivity index (χ4v) is 4.61. The highest BCUT2D eigenvalue weighted by Crippen LogP contribution is 2.41. The van der Waals surface area contributed by atoms with E-state index in [1.807, 2.05) is 12.1 Å². The minimum absolute atomic E-state index is 0.307. The van der Waals surface area contributed by atoms with Gasteiger partial charge in [0.15, 0.2) is 0 Å². The van der Waals surface area contributed by atoms with Gasteiger partial charge in [-0.2, -0.15) is 0 Å². The number of nitrogens with zero attached hydrogens (tertiary/aromatic N) is 1. The van der Waals surface area contributed by atoms with Crippen LogP contribution in [0.3, 0.4) is 0 Å². The highest BCUT2D eigenvalue weighted by Gasteiger charge is 2.42. The van der Waals surface area contributed by atoms with Crippen LogP contribution in [0.25, 0.3) is 0 Å². The van der Waals surface area contributed by atoms with Crippen molar-refractivity contribution in [3.8, 4) is 0 Å². The van der Waals surface area contributed by atoms with Gasteiger partial charge in [0.05, 0.1) is 10.0 Å². The Balaban J connectivity index is 1.90. The maximum Gasteiger partial charge on any atom is 0.0640 e. The van der Waals surface area contributed by atoms with Crippen molar-refractivity contribution >= 4 is 23.2 Å². The Morgan fingerprint density at radius 3 is 2.71 bits per heavy atom. The van der Waals surface area contributed by atoms with E-state index in [4.69, 9.17) is 23.2 Å². The quantitative estimate of drug-likeness (QED) is 0.850. The third kappa shape index (κ3) is 2.96. The third-order valence-electron chi connectivity index (χ3n) is 5.28. The minimum Gasteiger partial charge on any atom is -0.314 e. The second-order valence-electron chi connectivity index (χ2n) is 6.47. The molecule has 3 rings (SSSR count). The summed E-state index contributed by atoms with van der Waals surface area (Å²) in [5, 5.41) is 4.99. The topological polar surface area (TPSA) is 15.3 Å². The van der Waals surface area contributed by atoms with Crippen LogP contribution in [-0.2, 0) is 0 Å². The lowest BCUT2D eigenvalue weighted by atomic mass is 9.78. The first-order chi connectivity index (χ1) is 10.1. The zero-order valence-electron chi connectivity index (χ0n) is 12.7. The lowest BCUT2D eigenvalue weighted by Crippen LogP contribution is -2.62. The molecule has 0 radical (unpaired) electrons. The zero-order chi connectivity index (χ0) is 14.9. The van der Waals surface area contributed by atoms with Gasteiger partial charge in [0, 0.05) is 31.2 Å². The predicted octanol–water partition coefficient (Wildman–Crippen LogP) is 4.66. The average molecular weight is 327 g/mol. The number of halogens is 2. The molecule has 2 aliphatic rings. The van der Waals surface area contributed by atoms with Gasteiger partial charge in [-0.05, 0) is 31.4 Å². The third-order valence-corrected chi connectivity index (χ3v) is 6.11. The first-order valence-corrected chi connectivity index (χ1v) is 8.81. The second kappa shape index (κ2) is 6.45. The molecule has 1 aromatic rings. The van der Waals surface area contributed by atoms with Crippen LogP contribution in [0.5, 0.6) is 0 Å². The summed E-state index contributed by atoms with van der Waals surface area (Å²) in [5.41, 5.74) is 1.47. The summed E-state index contributed by atoms with van der Waals surface area (Å²) in [4.78, 5) is 2.68. The van der Waals surface area contributed by atoms with Crippen LogP contribution < -0.4 is 5.32 Å². The normalized spacial score (nSPS) is 24.1. The van der Waals surface area contributed by atoms with Gasteiger partial charge in [-0.3, -0.25) is 4.90 Å². The van der Waals surface area contributed by atoms with Crippen LogP contribution >= 0.6 is 23.2 Å². The first-order valence-electron chi connectivity index (χ1n) is 8.05. The van der Waals surface area contributed by atoms with Gasteiger partial charge in [0.25, 0.3) is 0 Å². The van der Waals surface area contributed by atoms with Crippen molar-refractivity contribution in [3.05, 3.63) is 33.8 Å². The summed E-state index contributed by atoms with van der Waals surface area (Å²) in [6, 6.07) is 6.32. The number of nitrogens with one attached hydrogen (secondary N) is 1. The smallest absolute Gasteiger partial charge is 0.0640 e. The minimum atomic E-state index is 0.307. The van der Waals surface area contributed by atoms with E-state index in [1.54, 1.807) is 0 Å². The lowest BCUT2D eigenvalue weighted by Gasteiger charge is -2.52. The Morgan fingerprint density at radius 2 is 1.95 bits per heavy atom. The molecule has 1 aliphatic heterocycles. The molecule has 1 aliphatic carbocycles. The SMILES string of the molecule is CC(c1cccc(Cl)c1Cl)N1CCNCC12CCCCC2. The van der Waals surface area contributed by atoms with E-state index in [0.29, 0.717) is 16.6 Å². The van der Waals surface area contributed by atoms with Crippen LogP contribution in [0, 0.1) is 0 Å². The van der Waals surface area contributed by atoms with Crippen LogP contribution in [-0.4, -0.2) is 30.1 Å². The summed E-state index contributed by atoms with van der Waals surface area (Å²) < 4.78 is 0. The summed E-state index contributed by atoms with van der Waals surface area (Å²) >= 11 is 12.7. The van der Waals surface area contributed by atoms with E-state index < -0.39 is 0 Å². The molecule has 1 saturated carbocycles. The van der Waals surface area contributed by atoms with Crippen LogP contribution in [0.2, 0.25) is 10.0 Å². The molecule has 2 fully saturated rings. The van der Waals surface area contributed by atoms with E-state index in [9.17, 15) is 0 Å². The maximum absolute atomic E-state index is 6.46. The molecule has 1 aromatic carbocycles. The van der Waals surface area contributed by atoms with Crippen LogP contribution in [0.15, 0.2) is 18.2 Å². The fourth-order valence-electron chi connectivity index (χ4n) is 4.15. The van der Waals surface area contributed by atoms with E-state index in [2.05, 4.69) is 23.2 Å². The molecule has 2 nitrogen and oxygen atoms in total. The molecular weight excluding hydrogens is 303 g/mol. The molecule has 1 unspecified atom stereocenters. The largest absolute Gasteiger partial charge is 0.314 e. The number of hydrogen-bond donors (Lipinski definition) is 1. The first kappa shape index (κ1) is 15.6. The molecule has 21 heavy (non-hydrogen) atoms. The van der Waals surface area contributed by atoms with E-state index in [-0.39, 0.29) is 0 Å². The van der Waals surface area contributed by atoms with E-state index in [1.165, 1.54) is 32.1 Å². The van der Waals surface area contributed by atoms with E-state index in [0.717, 1.165) is 30.2 Å². The molecule has 0 aromatic heterocycles. The van der Waals surface area contributed by atoms with Gasteiger partial charge >= 0.3 is 0 Å².